The molecule has 10 nitrogen and oxygen atoms in total. The molecule has 0 radical (unpaired) electrons. The van der Waals surface area contributed by atoms with Gasteiger partial charge in [0, 0.05) is 61.9 Å². The number of likely N-dealkylation sites (tertiary alicyclic amines) is 1. The molecule has 1 fully saturated rings. The predicted molar refractivity (Wildman–Crippen MR) is 154 cm³/mol. The average Bonchev–Trinajstić information content (AvgIpc) is 2.98. The Bertz CT molecular complexity index is 1310. The van der Waals surface area contributed by atoms with Gasteiger partial charge in [0.2, 0.25) is 5.91 Å². The zero-order chi connectivity index (χ0) is 29.0. The van der Waals surface area contributed by atoms with E-state index in [0.29, 0.717) is 74.6 Å². The first-order chi connectivity index (χ1) is 19.9. The standard InChI is InChI=1S/C30H37FN6O4/c1-21(38)37-13-3-4-24(20-37)29-35-27(19-28(36-29)34-26-6-2-5-25(31)18-26)22-7-9-23(10-8-22)30(39)33-12-15-41-17-16-40-14-11-32/h2,5-10,18-19,24H,3-4,11-17,20,32H2,1H3,(H,33,39)(H,34,35,36). The van der Waals surface area contributed by atoms with E-state index in [9.17, 15) is 14.0 Å². The van der Waals surface area contributed by atoms with Gasteiger partial charge in [0.1, 0.15) is 17.5 Å². The number of nitrogens with two attached hydrogens (primary N) is 1. The van der Waals surface area contributed by atoms with Crippen molar-refractivity contribution in [2.75, 3.05) is 57.9 Å². The summed E-state index contributed by atoms with van der Waals surface area (Å²) in [5.41, 5.74) is 7.90. The van der Waals surface area contributed by atoms with Crippen LogP contribution in [0.1, 0.15) is 41.9 Å². The van der Waals surface area contributed by atoms with Gasteiger partial charge in [0.25, 0.3) is 5.91 Å². The molecule has 218 valence electrons. The minimum absolute atomic E-state index is 0.0276. The van der Waals surface area contributed by atoms with Crippen molar-refractivity contribution in [3.05, 3.63) is 71.8 Å². The Hall–Kier alpha value is -3.93. The van der Waals surface area contributed by atoms with Crippen LogP contribution < -0.4 is 16.4 Å². The van der Waals surface area contributed by atoms with Crippen LogP contribution in [0.3, 0.4) is 0 Å². The summed E-state index contributed by atoms with van der Waals surface area (Å²) < 4.78 is 24.5. The first kappa shape index (κ1) is 30.0. The third-order valence-electron chi connectivity index (χ3n) is 6.68. The normalized spacial score (nSPS) is 15.0. The van der Waals surface area contributed by atoms with Crippen LogP contribution in [0, 0.1) is 5.82 Å². The summed E-state index contributed by atoms with van der Waals surface area (Å²) in [4.78, 5) is 36.0. The number of carbonyl (C=O) groups excluding carboxylic acids is 2. The van der Waals surface area contributed by atoms with Gasteiger partial charge in [-0.1, -0.05) is 18.2 Å². The number of halogens is 1. The lowest BCUT2D eigenvalue weighted by Gasteiger charge is -2.31. The van der Waals surface area contributed by atoms with Gasteiger partial charge in [0.05, 0.1) is 32.1 Å². The van der Waals surface area contributed by atoms with Gasteiger partial charge in [0.15, 0.2) is 0 Å². The van der Waals surface area contributed by atoms with Crippen molar-refractivity contribution in [3.8, 4) is 11.3 Å². The van der Waals surface area contributed by atoms with Crippen molar-refractivity contribution in [2.24, 2.45) is 5.73 Å². The molecule has 1 aromatic heterocycles. The number of piperidine rings is 1. The van der Waals surface area contributed by atoms with E-state index >= 15 is 0 Å². The van der Waals surface area contributed by atoms with Gasteiger partial charge < -0.3 is 30.7 Å². The Labute approximate surface area is 239 Å². The number of ether oxygens (including phenoxy) is 2. The van der Waals surface area contributed by atoms with Gasteiger partial charge in [-0.25, -0.2) is 14.4 Å². The Morgan fingerprint density at radius 1 is 1.05 bits per heavy atom. The molecule has 4 N–H and O–H groups in total. The van der Waals surface area contributed by atoms with E-state index in [-0.39, 0.29) is 23.5 Å². The molecule has 1 aliphatic heterocycles. The minimum atomic E-state index is -0.356. The summed E-state index contributed by atoms with van der Waals surface area (Å²) in [7, 11) is 0. The molecule has 4 rings (SSSR count). The smallest absolute Gasteiger partial charge is 0.251 e. The molecule has 41 heavy (non-hydrogen) atoms. The van der Waals surface area contributed by atoms with E-state index in [4.69, 9.17) is 25.2 Å². The predicted octanol–water partition coefficient (Wildman–Crippen LogP) is 3.47. The van der Waals surface area contributed by atoms with Crippen molar-refractivity contribution >= 4 is 23.3 Å². The third-order valence-corrected chi connectivity index (χ3v) is 6.68. The SMILES string of the molecule is CC(=O)N1CCCC(c2nc(Nc3cccc(F)c3)cc(-c3ccc(C(=O)NCCOCCOCCN)cc3)n2)C1. The summed E-state index contributed by atoms with van der Waals surface area (Å²) >= 11 is 0. The molecular weight excluding hydrogens is 527 g/mol. The molecule has 3 aromatic rings. The fourth-order valence-electron chi connectivity index (χ4n) is 4.58. The number of hydrogen-bond donors (Lipinski definition) is 3. The highest BCUT2D eigenvalue weighted by atomic mass is 19.1. The summed E-state index contributed by atoms with van der Waals surface area (Å²) in [6.45, 7) is 5.46. The van der Waals surface area contributed by atoms with Crippen LogP contribution in [0.4, 0.5) is 15.9 Å². The number of nitrogens with zero attached hydrogens (tertiary/aromatic N) is 3. The number of nitrogens with one attached hydrogen (secondary N) is 2. The van der Waals surface area contributed by atoms with E-state index in [1.165, 1.54) is 12.1 Å². The lowest BCUT2D eigenvalue weighted by Crippen LogP contribution is -2.38. The van der Waals surface area contributed by atoms with Crippen LogP contribution in [-0.2, 0) is 14.3 Å². The van der Waals surface area contributed by atoms with E-state index < -0.39 is 0 Å². The zero-order valence-electron chi connectivity index (χ0n) is 23.3. The highest BCUT2D eigenvalue weighted by Gasteiger charge is 2.26. The van der Waals surface area contributed by atoms with Crippen LogP contribution in [0.15, 0.2) is 54.6 Å². The zero-order valence-corrected chi connectivity index (χ0v) is 23.3. The fraction of sp³-hybridized carbons (Fsp3) is 0.400. The second-order valence-electron chi connectivity index (χ2n) is 9.78. The minimum Gasteiger partial charge on any atom is -0.378 e. The van der Waals surface area contributed by atoms with Crippen molar-refractivity contribution in [2.45, 2.75) is 25.7 Å². The number of benzene rings is 2. The van der Waals surface area contributed by atoms with Crippen LogP contribution >= 0.6 is 0 Å². The van der Waals surface area contributed by atoms with E-state index in [0.717, 1.165) is 24.9 Å². The molecule has 1 atom stereocenters. The first-order valence-corrected chi connectivity index (χ1v) is 13.8. The molecule has 0 saturated carbocycles. The topological polar surface area (TPSA) is 132 Å². The second-order valence-corrected chi connectivity index (χ2v) is 9.78. The largest absolute Gasteiger partial charge is 0.378 e. The molecule has 2 heterocycles. The van der Waals surface area contributed by atoms with E-state index in [1.54, 1.807) is 37.3 Å². The number of rotatable bonds is 13. The van der Waals surface area contributed by atoms with Crippen LogP contribution in [0.25, 0.3) is 11.3 Å². The molecule has 0 bridgehead atoms. The molecular formula is C30H37FN6O4. The molecule has 0 spiro atoms. The maximum Gasteiger partial charge on any atom is 0.251 e. The number of aromatic nitrogens is 2. The lowest BCUT2D eigenvalue weighted by molar-refractivity contribution is -0.130. The Morgan fingerprint density at radius 3 is 2.56 bits per heavy atom. The highest BCUT2D eigenvalue weighted by molar-refractivity contribution is 5.94. The summed E-state index contributed by atoms with van der Waals surface area (Å²) in [5, 5.41) is 6.03. The van der Waals surface area contributed by atoms with Crippen LogP contribution in [0.2, 0.25) is 0 Å². The van der Waals surface area contributed by atoms with Gasteiger partial charge in [-0.3, -0.25) is 9.59 Å². The van der Waals surface area contributed by atoms with Gasteiger partial charge in [-0.15, -0.1) is 0 Å². The Morgan fingerprint density at radius 2 is 1.83 bits per heavy atom. The molecule has 2 amide bonds. The maximum atomic E-state index is 13.8. The lowest BCUT2D eigenvalue weighted by atomic mass is 9.96. The number of carbonyl (C=O) groups is 2. The van der Waals surface area contributed by atoms with Gasteiger partial charge in [-0.05, 0) is 43.2 Å². The Kier molecular flexibility index (Phi) is 11.1. The number of anilines is 2. The molecule has 1 aliphatic rings. The third kappa shape index (κ3) is 9.04. The average molecular weight is 565 g/mol. The quantitative estimate of drug-likeness (QED) is 0.269. The molecule has 1 saturated heterocycles. The second kappa shape index (κ2) is 15.2. The van der Waals surface area contributed by atoms with Crippen molar-refractivity contribution < 1.29 is 23.5 Å². The van der Waals surface area contributed by atoms with Crippen molar-refractivity contribution in [1.82, 2.24) is 20.2 Å². The van der Waals surface area contributed by atoms with E-state index in [2.05, 4.69) is 10.6 Å². The maximum absolute atomic E-state index is 13.8. The summed E-state index contributed by atoms with van der Waals surface area (Å²) in [6, 6.07) is 15.1. The highest BCUT2D eigenvalue weighted by Crippen LogP contribution is 2.29. The van der Waals surface area contributed by atoms with Crippen LogP contribution in [-0.4, -0.2) is 79.3 Å². The number of hydrogen-bond acceptors (Lipinski definition) is 8. The van der Waals surface area contributed by atoms with Gasteiger partial charge in [-0.2, -0.15) is 0 Å². The Balaban J connectivity index is 1.46. The van der Waals surface area contributed by atoms with E-state index in [1.807, 2.05) is 17.0 Å². The summed E-state index contributed by atoms with van der Waals surface area (Å²) in [6.07, 6.45) is 1.72. The van der Waals surface area contributed by atoms with Gasteiger partial charge >= 0.3 is 0 Å². The van der Waals surface area contributed by atoms with Crippen molar-refractivity contribution in [1.29, 1.82) is 0 Å². The fourth-order valence-corrected chi connectivity index (χ4v) is 4.58. The monoisotopic (exact) mass is 564 g/mol. The molecule has 1 unspecified atom stereocenters. The summed E-state index contributed by atoms with van der Waals surface area (Å²) in [5.74, 6) is 0.572. The first-order valence-electron chi connectivity index (χ1n) is 13.8. The molecule has 11 heteroatoms. The molecule has 2 aromatic carbocycles. The van der Waals surface area contributed by atoms with Crippen LogP contribution in [0.5, 0.6) is 0 Å². The molecule has 0 aliphatic carbocycles. The number of amides is 2. The van der Waals surface area contributed by atoms with Crippen molar-refractivity contribution in [3.63, 3.8) is 0 Å².